The maximum Gasteiger partial charge on any atom is 0.267 e. The smallest absolute Gasteiger partial charge is 0.267 e. The molecule has 2 heterocycles. The fourth-order valence-electron chi connectivity index (χ4n) is 2.15. The van der Waals surface area contributed by atoms with E-state index < -0.39 is 0 Å². The maximum atomic E-state index is 11.8. The molecule has 0 radical (unpaired) electrons. The molecule has 0 amide bonds. The summed E-state index contributed by atoms with van der Waals surface area (Å²) in [5.74, 6) is 0.837. The summed E-state index contributed by atoms with van der Waals surface area (Å²) >= 11 is 0. The lowest BCUT2D eigenvalue weighted by Crippen LogP contribution is -2.36. The summed E-state index contributed by atoms with van der Waals surface area (Å²) < 4.78 is 1.66. The highest BCUT2D eigenvalue weighted by molar-refractivity contribution is 5.33. The molecule has 5 heteroatoms. The monoisotopic (exact) mass is 236 g/mol. The Balaban J connectivity index is 2.25. The van der Waals surface area contributed by atoms with Crippen LogP contribution in [0.3, 0.4) is 0 Å². The molecule has 1 aromatic heterocycles. The second-order valence-corrected chi connectivity index (χ2v) is 4.90. The average molecular weight is 236 g/mol. The molecule has 1 fully saturated rings. The molecule has 94 valence electrons. The molecular formula is C12H20N4O. The zero-order valence-corrected chi connectivity index (χ0v) is 10.8. The van der Waals surface area contributed by atoms with Crippen molar-refractivity contribution in [1.82, 2.24) is 14.7 Å². The summed E-state index contributed by atoms with van der Waals surface area (Å²) in [6, 6.07) is 3.63. The minimum atomic E-state index is 0.00477. The zero-order chi connectivity index (χ0) is 12.4. The third-order valence-corrected chi connectivity index (χ3v) is 3.30. The van der Waals surface area contributed by atoms with Gasteiger partial charge in [0.15, 0.2) is 0 Å². The highest BCUT2D eigenvalue weighted by Gasteiger charge is 2.20. The van der Waals surface area contributed by atoms with Crippen molar-refractivity contribution in [2.24, 2.45) is 0 Å². The summed E-state index contributed by atoms with van der Waals surface area (Å²) in [5, 5.41) is 4.43. The van der Waals surface area contributed by atoms with Crippen LogP contribution in [-0.4, -0.2) is 48.9 Å². The minimum absolute atomic E-state index is 0.00477. The van der Waals surface area contributed by atoms with E-state index in [2.05, 4.69) is 17.0 Å². The van der Waals surface area contributed by atoms with Crippen LogP contribution >= 0.6 is 0 Å². The Morgan fingerprint density at radius 3 is 2.53 bits per heavy atom. The van der Waals surface area contributed by atoms with E-state index >= 15 is 0 Å². The quantitative estimate of drug-likeness (QED) is 0.753. The number of anilines is 1. The van der Waals surface area contributed by atoms with Gasteiger partial charge < -0.3 is 9.80 Å². The first-order valence-electron chi connectivity index (χ1n) is 6.03. The van der Waals surface area contributed by atoms with Crippen molar-refractivity contribution in [1.29, 1.82) is 0 Å². The molecule has 0 N–H and O–H groups in total. The van der Waals surface area contributed by atoms with Gasteiger partial charge in [0.25, 0.3) is 5.56 Å². The average Bonchev–Trinajstić information content (AvgIpc) is 2.31. The van der Waals surface area contributed by atoms with Crippen molar-refractivity contribution in [2.75, 3.05) is 39.1 Å². The van der Waals surface area contributed by atoms with Crippen LogP contribution < -0.4 is 10.5 Å². The molecule has 0 unspecified atom stereocenters. The predicted molar refractivity (Wildman–Crippen MR) is 68.6 cm³/mol. The van der Waals surface area contributed by atoms with Gasteiger partial charge in [0.1, 0.15) is 5.82 Å². The van der Waals surface area contributed by atoms with Gasteiger partial charge in [-0.3, -0.25) is 4.79 Å². The molecule has 1 aromatic rings. The second-order valence-electron chi connectivity index (χ2n) is 4.90. The van der Waals surface area contributed by atoms with Crippen LogP contribution in [0.1, 0.15) is 18.9 Å². The van der Waals surface area contributed by atoms with Gasteiger partial charge in [0.2, 0.25) is 0 Å². The van der Waals surface area contributed by atoms with Crippen molar-refractivity contribution in [2.45, 2.75) is 18.9 Å². The third kappa shape index (κ3) is 2.66. The van der Waals surface area contributed by atoms with E-state index in [-0.39, 0.29) is 11.6 Å². The highest BCUT2D eigenvalue weighted by Crippen LogP contribution is 2.19. The number of rotatable bonds is 2. The Bertz CT molecular complexity index is 432. The van der Waals surface area contributed by atoms with Crippen molar-refractivity contribution in [3.05, 3.63) is 22.5 Å². The van der Waals surface area contributed by atoms with E-state index in [4.69, 9.17) is 0 Å². The Morgan fingerprint density at radius 1 is 1.29 bits per heavy atom. The minimum Gasteiger partial charge on any atom is -0.361 e. The van der Waals surface area contributed by atoms with Gasteiger partial charge in [-0.25, -0.2) is 4.68 Å². The van der Waals surface area contributed by atoms with Crippen LogP contribution in [0.5, 0.6) is 0 Å². The summed E-state index contributed by atoms with van der Waals surface area (Å²) in [4.78, 5) is 16.1. The number of aromatic nitrogens is 2. The van der Waals surface area contributed by atoms with Crippen LogP contribution in [0.4, 0.5) is 5.82 Å². The number of likely N-dealkylation sites (tertiary alicyclic amines) is 1. The Hall–Kier alpha value is -1.36. The fraction of sp³-hybridized carbons (Fsp3) is 0.667. The van der Waals surface area contributed by atoms with Crippen molar-refractivity contribution >= 4 is 5.82 Å². The Labute approximate surface area is 102 Å². The van der Waals surface area contributed by atoms with Crippen LogP contribution in [0.15, 0.2) is 16.9 Å². The molecule has 17 heavy (non-hydrogen) atoms. The number of nitrogens with zero attached hydrogens (tertiary/aromatic N) is 4. The number of piperidine rings is 1. The molecule has 0 spiro atoms. The van der Waals surface area contributed by atoms with Gasteiger partial charge in [-0.05, 0) is 39.0 Å². The molecule has 1 saturated heterocycles. The molecular weight excluding hydrogens is 216 g/mol. The molecule has 5 nitrogen and oxygen atoms in total. The topological polar surface area (TPSA) is 41.4 Å². The van der Waals surface area contributed by atoms with Crippen molar-refractivity contribution in [3.63, 3.8) is 0 Å². The fourth-order valence-corrected chi connectivity index (χ4v) is 2.15. The summed E-state index contributed by atoms with van der Waals surface area (Å²) in [5.41, 5.74) is 0.00477. The van der Waals surface area contributed by atoms with Crippen LogP contribution in [0.2, 0.25) is 0 Å². The molecule has 0 aliphatic carbocycles. The van der Waals surface area contributed by atoms with Crippen LogP contribution in [0.25, 0.3) is 0 Å². The first kappa shape index (κ1) is 12.1. The molecule has 1 aliphatic heterocycles. The van der Waals surface area contributed by atoms with Gasteiger partial charge in [-0.15, -0.1) is 0 Å². The second kappa shape index (κ2) is 4.87. The Morgan fingerprint density at radius 2 is 1.94 bits per heavy atom. The highest BCUT2D eigenvalue weighted by atomic mass is 16.1. The summed E-state index contributed by atoms with van der Waals surface area (Å²) in [6.07, 6.45) is 2.00. The zero-order valence-electron chi connectivity index (χ0n) is 10.8. The number of hydrogen-bond donors (Lipinski definition) is 0. The molecule has 0 saturated carbocycles. The molecule has 0 aromatic carbocycles. The third-order valence-electron chi connectivity index (χ3n) is 3.30. The van der Waals surface area contributed by atoms with E-state index in [1.807, 2.05) is 19.0 Å². The molecule has 2 rings (SSSR count). The lowest BCUT2D eigenvalue weighted by molar-refractivity contribution is 0.208. The molecule has 0 atom stereocenters. The van der Waals surface area contributed by atoms with Gasteiger partial charge in [-0.2, -0.15) is 5.10 Å². The van der Waals surface area contributed by atoms with Crippen molar-refractivity contribution in [3.8, 4) is 0 Å². The Kier molecular flexibility index (Phi) is 3.47. The lowest BCUT2D eigenvalue weighted by Gasteiger charge is -2.29. The SMILES string of the molecule is CN1CCC(n2nc(N(C)C)ccc2=O)CC1. The number of hydrogen-bond acceptors (Lipinski definition) is 4. The largest absolute Gasteiger partial charge is 0.361 e. The van der Waals surface area contributed by atoms with E-state index in [1.54, 1.807) is 16.8 Å². The van der Waals surface area contributed by atoms with Gasteiger partial charge in [0, 0.05) is 20.2 Å². The van der Waals surface area contributed by atoms with E-state index in [1.165, 1.54) is 0 Å². The van der Waals surface area contributed by atoms with Gasteiger partial charge >= 0.3 is 0 Å². The van der Waals surface area contributed by atoms with Crippen LogP contribution in [-0.2, 0) is 0 Å². The molecule has 1 aliphatic rings. The maximum absolute atomic E-state index is 11.8. The summed E-state index contributed by atoms with van der Waals surface area (Å²) in [6.45, 7) is 2.07. The lowest BCUT2D eigenvalue weighted by atomic mass is 10.1. The van der Waals surface area contributed by atoms with E-state index in [0.717, 1.165) is 31.7 Å². The van der Waals surface area contributed by atoms with Crippen LogP contribution in [0, 0.1) is 0 Å². The molecule has 0 bridgehead atoms. The van der Waals surface area contributed by atoms with Crippen molar-refractivity contribution < 1.29 is 0 Å². The van der Waals surface area contributed by atoms with Gasteiger partial charge in [-0.1, -0.05) is 0 Å². The first-order valence-corrected chi connectivity index (χ1v) is 6.03. The normalized spacial score (nSPS) is 18.3. The van der Waals surface area contributed by atoms with E-state index in [9.17, 15) is 4.79 Å². The van der Waals surface area contributed by atoms with Gasteiger partial charge in [0.05, 0.1) is 6.04 Å². The standard InChI is InChI=1S/C12H20N4O/c1-14(2)11-4-5-12(17)16(13-11)10-6-8-15(3)9-7-10/h4-5,10H,6-9H2,1-3H3. The predicted octanol–water partition coefficient (Wildman–Crippen LogP) is 0.576. The van der Waals surface area contributed by atoms with E-state index in [0.29, 0.717) is 0 Å². The summed E-state index contributed by atoms with van der Waals surface area (Å²) in [7, 11) is 5.99. The first-order chi connectivity index (χ1) is 8.08.